The molecule has 0 fully saturated rings. The highest BCUT2D eigenvalue weighted by Gasteiger charge is 1.99. The van der Waals surface area contributed by atoms with Crippen LogP contribution >= 0.6 is 11.6 Å². The molecule has 4 heteroatoms. The zero-order chi connectivity index (χ0) is 8.55. The molecule has 0 unspecified atom stereocenters. The smallest absolute Gasteiger partial charge is 0.266 e. The first-order valence-electron chi connectivity index (χ1n) is 3.35. The predicted octanol–water partition coefficient (Wildman–Crippen LogP) is 2.43. The lowest BCUT2D eigenvalue weighted by atomic mass is 10.3. The second kappa shape index (κ2) is 2.60. The number of aromatic nitrogens is 2. The highest BCUT2D eigenvalue weighted by molar-refractivity contribution is 6.31. The minimum Gasteiger partial charge on any atom is -0.266 e. The molecule has 1 heterocycles. The summed E-state index contributed by atoms with van der Waals surface area (Å²) in [7, 11) is 0. The van der Waals surface area contributed by atoms with E-state index in [0.29, 0.717) is 16.1 Å². The van der Waals surface area contributed by atoms with Crippen LogP contribution in [0.5, 0.6) is 5.88 Å². The molecular formula is C8H4ClN2O. The molecule has 0 bridgehead atoms. The maximum atomic E-state index is 10.8. The van der Waals surface area contributed by atoms with Crippen molar-refractivity contribution in [3.05, 3.63) is 29.4 Å². The Morgan fingerprint density at radius 3 is 2.92 bits per heavy atom. The summed E-state index contributed by atoms with van der Waals surface area (Å²) in [6.45, 7) is 0. The van der Waals surface area contributed by atoms with Gasteiger partial charge in [0.15, 0.2) is 0 Å². The number of benzene rings is 1. The van der Waals surface area contributed by atoms with Crippen molar-refractivity contribution in [1.82, 2.24) is 9.97 Å². The molecule has 3 nitrogen and oxygen atoms in total. The Balaban J connectivity index is 2.80. The fraction of sp³-hybridized carbons (Fsp3) is 0. The third-order valence-electron chi connectivity index (χ3n) is 1.48. The lowest BCUT2D eigenvalue weighted by molar-refractivity contribution is 0.337. The van der Waals surface area contributed by atoms with Crippen molar-refractivity contribution < 1.29 is 5.11 Å². The Bertz CT molecular complexity index is 394. The molecule has 2 aromatic rings. The molecule has 0 saturated heterocycles. The van der Waals surface area contributed by atoms with E-state index in [-0.39, 0.29) is 5.88 Å². The molecule has 2 rings (SSSR count). The minimum atomic E-state index is -0.343. The van der Waals surface area contributed by atoms with E-state index in [9.17, 15) is 5.11 Å². The maximum absolute atomic E-state index is 10.8. The van der Waals surface area contributed by atoms with E-state index in [0.717, 1.165) is 0 Å². The monoisotopic (exact) mass is 179 g/mol. The molecule has 0 aliphatic rings. The van der Waals surface area contributed by atoms with Crippen molar-refractivity contribution in [2.24, 2.45) is 0 Å². The van der Waals surface area contributed by atoms with Gasteiger partial charge in [-0.05, 0) is 18.2 Å². The molecule has 0 aliphatic carbocycles. The average molecular weight is 180 g/mol. The molecule has 0 aliphatic heterocycles. The van der Waals surface area contributed by atoms with Gasteiger partial charge < -0.3 is 0 Å². The summed E-state index contributed by atoms with van der Waals surface area (Å²) >= 11 is 5.70. The Kier molecular flexibility index (Phi) is 1.59. The van der Waals surface area contributed by atoms with Gasteiger partial charge in [0, 0.05) is 5.02 Å². The third kappa shape index (κ3) is 1.19. The van der Waals surface area contributed by atoms with Crippen molar-refractivity contribution in [3.63, 3.8) is 0 Å². The second-order valence-electron chi connectivity index (χ2n) is 2.34. The highest BCUT2D eigenvalue weighted by Crippen LogP contribution is 2.17. The van der Waals surface area contributed by atoms with Gasteiger partial charge in [-0.3, -0.25) is 5.11 Å². The van der Waals surface area contributed by atoms with Crippen molar-refractivity contribution in [2.45, 2.75) is 0 Å². The van der Waals surface area contributed by atoms with Gasteiger partial charge in [0.1, 0.15) is 0 Å². The molecule has 0 atom stereocenters. The van der Waals surface area contributed by atoms with E-state index in [4.69, 9.17) is 11.6 Å². The summed E-state index contributed by atoms with van der Waals surface area (Å²) in [5.74, 6) is -0.343. The van der Waals surface area contributed by atoms with Crippen LogP contribution in [0, 0.1) is 0 Å². The molecule has 1 aromatic heterocycles. The van der Waals surface area contributed by atoms with E-state index in [2.05, 4.69) is 9.97 Å². The molecule has 0 amide bonds. The summed E-state index contributed by atoms with van der Waals surface area (Å²) in [5.41, 5.74) is 1.22. The van der Waals surface area contributed by atoms with Gasteiger partial charge in [-0.1, -0.05) is 11.6 Å². The van der Waals surface area contributed by atoms with Crippen molar-refractivity contribution >= 4 is 22.6 Å². The van der Waals surface area contributed by atoms with Gasteiger partial charge in [0.25, 0.3) is 5.88 Å². The molecule has 0 spiro atoms. The summed E-state index contributed by atoms with van der Waals surface area (Å²) in [6.07, 6.45) is 1.19. The van der Waals surface area contributed by atoms with Gasteiger partial charge >= 0.3 is 0 Å². The SMILES string of the molecule is [O]c1cnc2ccc(Cl)cc2n1. The van der Waals surface area contributed by atoms with Crippen LogP contribution in [0.2, 0.25) is 5.02 Å². The van der Waals surface area contributed by atoms with Gasteiger partial charge in [0.05, 0.1) is 17.2 Å². The molecule has 0 N–H and O–H groups in total. The van der Waals surface area contributed by atoms with Crippen LogP contribution in [0.1, 0.15) is 0 Å². The fourth-order valence-electron chi connectivity index (χ4n) is 0.968. The summed E-state index contributed by atoms with van der Waals surface area (Å²) in [6, 6.07) is 5.05. The number of rotatable bonds is 0. The number of fused-ring (bicyclic) bond motifs is 1. The number of hydrogen-bond acceptors (Lipinski definition) is 2. The van der Waals surface area contributed by atoms with Crippen LogP contribution in [0.3, 0.4) is 0 Å². The van der Waals surface area contributed by atoms with Gasteiger partial charge in [-0.15, -0.1) is 0 Å². The van der Waals surface area contributed by atoms with Gasteiger partial charge in [0.2, 0.25) is 0 Å². The Hall–Kier alpha value is -1.35. The highest BCUT2D eigenvalue weighted by atomic mass is 35.5. The summed E-state index contributed by atoms with van der Waals surface area (Å²) in [4.78, 5) is 7.62. The predicted molar refractivity (Wildman–Crippen MR) is 44.7 cm³/mol. The van der Waals surface area contributed by atoms with Crippen LogP contribution in [0.4, 0.5) is 0 Å². The first-order valence-corrected chi connectivity index (χ1v) is 3.73. The van der Waals surface area contributed by atoms with Crippen molar-refractivity contribution in [3.8, 4) is 5.88 Å². The van der Waals surface area contributed by atoms with E-state index < -0.39 is 0 Å². The van der Waals surface area contributed by atoms with E-state index in [1.54, 1.807) is 18.2 Å². The molecule has 59 valence electrons. The first kappa shape index (κ1) is 7.31. The minimum absolute atomic E-state index is 0.343. The molecular weight excluding hydrogens is 176 g/mol. The summed E-state index contributed by atoms with van der Waals surface area (Å²) in [5, 5.41) is 11.3. The van der Waals surface area contributed by atoms with Crippen LogP contribution in [0.15, 0.2) is 24.4 Å². The number of nitrogens with zero attached hydrogens (tertiary/aromatic N) is 2. The van der Waals surface area contributed by atoms with Crippen LogP contribution in [-0.2, 0) is 5.11 Å². The zero-order valence-electron chi connectivity index (χ0n) is 5.99. The molecule has 1 radical (unpaired) electrons. The molecule has 1 aromatic carbocycles. The van der Waals surface area contributed by atoms with Crippen LogP contribution in [0.25, 0.3) is 11.0 Å². The van der Waals surface area contributed by atoms with Crippen molar-refractivity contribution in [2.75, 3.05) is 0 Å². The lowest BCUT2D eigenvalue weighted by Gasteiger charge is -1.95. The van der Waals surface area contributed by atoms with Gasteiger partial charge in [-0.25, -0.2) is 9.97 Å². The fourth-order valence-corrected chi connectivity index (χ4v) is 1.13. The number of halogens is 1. The van der Waals surface area contributed by atoms with E-state index in [1.807, 2.05) is 0 Å². The zero-order valence-corrected chi connectivity index (χ0v) is 6.75. The first-order chi connectivity index (χ1) is 5.75. The van der Waals surface area contributed by atoms with Crippen molar-refractivity contribution in [1.29, 1.82) is 0 Å². The number of hydrogen-bond donors (Lipinski definition) is 0. The maximum Gasteiger partial charge on any atom is 0.288 e. The average Bonchev–Trinajstić information content (AvgIpc) is 2.03. The van der Waals surface area contributed by atoms with Crippen LogP contribution < -0.4 is 0 Å². The van der Waals surface area contributed by atoms with E-state index in [1.165, 1.54) is 6.20 Å². The Labute approximate surface area is 73.6 Å². The third-order valence-corrected chi connectivity index (χ3v) is 1.72. The Morgan fingerprint density at radius 1 is 1.25 bits per heavy atom. The van der Waals surface area contributed by atoms with E-state index >= 15 is 0 Å². The second-order valence-corrected chi connectivity index (χ2v) is 2.78. The molecule has 12 heavy (non-hydrogen) atoms. The Morgan fingerprint density at radius 2 is 2.08 bits per heavy atom. The quantitative estimate of drug-likeness (QED) is 0.624. The summed E-state index contributed by atoms with van der Waals surface area (Å²) < 4.78 is 0. The lowest BCUT2D eigenvalue weighted by Crippen LogP contribution is -1.81. The molecule has 0 saturated carbocycles. The standard InChI is InChI=1S/C8H4ClN2O/c9-5-1-2-6-7(3-5)11-8(12)4-10-6/h1-4H. The van der Waals surface area contributed by atoms with Gasteiger partial charge in [-0.2, -0.15) is 0 Å². The normalized spacial score (nSPS) is 10.4. The topological polar surface area (TPSA) is 45.7 Å². The largest absolute Gasteiger partial charge is 0.288 e. The van der Waals surface area contributed by atoms with Crippen LogP contribution in [-0.4, -0.2) is 9.97 Å².